The van der Waals surface area contributed by atoms with Crippen molar-refractivity contribution in [3.63, 3.8) is 0 Å². The first-order valence-electron chi connectivity index (χ1n) is 10.0. The third-order valence-electron chi connectivity index (χ3n) is 4.53. The van der Waals surface area contributed by atoms with Crippen LogP contribution in [0.1, 0.15) is 37.8 Å². The van der Waals surface area contributed by atoms with Gasteiger partial charge in [0.15, 0.2) is 11.5 Å². The first-order valence-corrected chi connectivity index (χ1v) is 12.4. The molecule has 0 N–H and O–H groups in total. The number of thioether (sulfide) groups is 1. The van der Waals surface area contributed by atoms with Crippen molar-refractivity contribution in [3.8, 4) is 11.5 Å². The largest absolute Gasteiger partial charge is 0.490 e. The molecule has 3 rings (SSSR count). The van der Waals surface area contributed by atoms with E-state index in [9.17, 15) is 9.59 Å². The van der Waals surface area contributed by atoms with Gasteiger partial charge in [-0.25, -0.2) is 0 Å². The lowest BCUT2D eigenvalue weighted by atomic mass is 10.1. The number of carbonyl (C=O) groups is 2. The van der Waals surface area contributed by atoms with Crippen molar-refractivity contribution in [2.24, 2.45) is 0 Å². The summed E-state index contributed by atoms with van der Waals surface area (Å²) >= 11 is 7.97. The fourth-order valence-electron chi connectivity index (χ4n) is 2.97. The van der Waals surface area contributed by atoms with Crippen molar-refractivity contribution in [2.75, 3.05) is 13.2 Å². The van der Waals surface area contributed by atoms with Gasteiger partial charge in [-0.3, -0.25) is 14.5 Å². The lowest BCUT2D eigenvalue weighted by Gasteiger charge is -2.15. The number of amides is 2. The second-order valence-electron chi connectivity index (χ2n) is 6.87. The first kappa shape index (κ1) is 23.9. The highest BCUT2D eigenvalue weighted by molar-refractivity contribution is 9.10. The highest BCUT2D eigenvalue weighted by Gasteiger charge is 2.34. The van der Waals surface area contributed by atoms with Gasteiger partial charge in [-0.15, -0.1) is 0 Å². The molecule has 1 aliphatic rings. The van der Waals surface area contributed by atoms with E-state index in [1.165, 1.54) is 4.90 Å². The van der Waals surface area contributed by atoms with Gasteiger partial charge in [-0.05, 0) is 82.5 Å². The second-order valence-corrected chi connectivity index (χ2v) is 9.63. The van der Waals surface area contributed by atoms with Gasteiger partial charge in [0.1, 0.15) is 6.61 Å². The summed E-state index contributed by atoms with van der Waals surface area (Å²) in [6, 6.07) is 11.6. The zero-order chi connectivity index (χ0) is 22.4. The van der Waals surface area contributed by atoms with E-state index >= 15 is 0 Å². The molecular weight excluding hydrogens is 546 g/mol. The van der Waals surface area contributed by atoms with Crippen molar-refractivity contribution >= 4 is 60.8 Å². The number of benzene rings is 2. The van der Waals surface area contributed by atoms with Crippen molar-refractivity contribution in [1.29, 1.82) is 0 Å². The van der Waals surface area contributed by atoms with E-state index in [1.807, 2.05) is 50.2 Å². The summed E-state index contributed by atoms with van der Waals surface area (Å²) in [5.41, 5.74) is 1.79. The molecule has 0 aliphatic carbocycles. The maximum atomic E-state index is 12.6. The molecule has 31 heavy (non-hydrogen) atoms. The number of hydrogen-bond donors (Lipinski definition) is 0. The van der Waals surface area contributed by atoms with Crippen LogP contribution in [0.15, 0.2) is 50.2 Å². The number of carbonyl (C=O) groups excluding carboxylic acids is 2. The Morgan fingerprint density at radius 3 is 2.48 bits per heavy atom. The zero-order valence-corrected chi connectivity index (χ0v) is 21.3. The van der Waals surface area contributed by atoms with Crippen molar-refractivity contribution < 1.29 is 19.1 Å². The number of rotatable bonds is 9. The molecule has 1 heterocycles. The minimum Gasteiger partial charge on any atom is -0.490 e. The van der Waals surface area contributed by atoms with E-state index in [-0.39, 0.29) is 11.1 Å². The van der Waals surface area contributed by atoms with E-state index < -0.39 is 0 Å². The third kappa shape index (κ3) is 6.14. The maximum Gasteiger partial charge on any atom is 0.293 e. The molecule has 2 amide bonds. The van der Waals surface area contributed by atoms with Gasteiger partial charge < -0.3 is 9.47 Å². The summed E-state index contributed by atoms with van der Waals surface area (Å²) in [6.07, 6.45) is 3.45. The number of ether oxygens (including phenoxy) is 2. The molecule has 2 aromatic carbocycles. The molecule has 0 saturated carbocycles. The van der Waals surface area contributed by atoms with Gasteiger partial charge in [-0.1, -0.05) is 41.4 Å². The average Bonchev–Trinajstić information content (AvgIpc) is 3.00. The number of imide groups is 1. The van der Waals surface area contributed by atoms with Crippen LogP contribution in [0.25, 0.3) is 6.08 Å². The molecular formula is C23H23Br2NO4S. The van der Waals surface area contributed by atoms with E-state index in [1.54, 1.807) is 6.08 Å². The van der Waals surface area contributed by atoms with Gasteiger partial charge in [0, 0.05) is 11.0 Å². The SMILES string of the molecule is CCCCN1C(=O)S/C(=C\c2cc(Br)c(OCc3ccc(Br)cc3)c(OCC)c2)C1=O. The number of hydrogen-bond acceptors (Lipinski definition) is 5. The Kier molecular flexibility index (Phi) is 8.63. The van der Waals surface area contributed by atoms with E-state index in [2.05, 4.69) is 31.9 Å². The molecule has 5 nitrogen and oxygen atoms in total. The fraction of sp³-hybridized carbons (Fsp3) is 0.304. The molecule has 0 atom stereocenters. The predicted octanol–water partition coefficient (Wildman–Crippen LogP) is 7.03. The van der Waals surface area contributed by atoms with E-state index in [4.69, 9.17) is 9.47 Å². The molecule has 0 bridgehead atoms. The minimum atomic E-state index is -0.243. The summed E-state index contributed by atoms with van der Waals surface area (Å²) in [4.78, 5) is 26.5. The Balaban J connectivity index is 1.82. The Bertz CT molecular complexity index is 992. The molecule has 1 saturated heterocycles. The minimum absolute atomic E-state index is 0.219. The predicted molar refractivity (Wildman–Crippen MR) is 131 cm³/mol. The highest BCUT2D eigenvalue weighted by atomic mass is 79.9. The Morgan fingerprint density at radius 1 is 1.06 bits per heavy atom. The molecule has 8 heteroatoms. The Hall–Kier alpha value is -1.77. The number of halogens is 2. The summed E-state index contributed by atoms with van der Waals surface area (Å²) in [6.45, 7) is 5.25. The van der Waals surface area contributed by atoms with Crippen LogP contribution in [0.3, 0.4) is 0 Å². The Labute approximate surface area is 203 Å². The standard InChI is InChI=1S/C23H23Br2NO4S/c1-3-5-10-26-22(27)20(31-23(26)28)13-16-11-18(25)21(19(12-16)29-4-2)30-14-15-6-8-17(24)9-7-15/h6-9,11-13H,3-5,10,14H2,1-2H3/b20-13-. The van der Waals surface area contributed by atoms with Gasteiger partial charge in [0.2, 0.25) is 0 Å². The van der Waals surface area contributed by atoms with Crippen LogP contribution >= 0.6 is 43.6 Å². The highest BCUT2D eigenvalue weighted by Crippen LogP contribution is 2.39. The monoisotopic (exact) mass is 567 g/mol. The normalized spacial score (nSPS) is 15.1. The molecule has 1 fully saturated rings. The van der Waals surface area contributed by atoms with Gasteiger partial charge in [-0.2, -0.15) is 0 Å². The lowest BCUT2D eigenvalue weighted by Crippen LogP contribution is -2.29. The van der Waals surface area contributed by atoms with E-state index in [0.717, 1.165) is 40.2 Å². The van der Waals surface area contributed by atoms with Gasteiger partial charge in [0.25, 0.3) is 11.1 Å². The van der Waals surface area contributed by atoms with E-state index in [0.29, 0.717) is 40.6 Å². The van der Waals surface area contributed by atoms with Crippen molar-refractivity contribution in [2.45, 2.75) is 33.3 Å². The molecule has 0 radical (unpaired) electrons. The molecule has 1 aliphatic heterocycles. The summed E-state index contributed by atoms with van der Waals surface area (Å²) in [5, 5.41) is -0.219. The molecule has 164 valence electrons. The number of nitrogens with zero attached hydrogens (tertiary/aromatic N) is 1. The van der Waals surface area contributed by atoms with Gasteiger partial charge >= 0.3 is 0 Å². The average molecular weight is 569 g/mol. The van der Waals surface area contributed by atoms with Crippen LogP contribution in [-0.4, -0.2) is 29.2 Å². The number of unbranched alkanes of at least 4 members (excludes halogenated alkanes) is 1. The van der Waals surface area contributed by atoms with Crippen LogP contribution in [-0.2, 0) is 11.4 Å². The van der Waals surface area contributed by atoms with Crippen LogP contribution in [0, 0.1) is 0 Å². The van der Waals surface area contributed by atoms with Crippen LogP contribution in [0.2, 0.25) is 0 Å². The van der Waals surface area contributed by atoms with Crippen molar-refractivity contribution in [1.82, 2.24) is 4.90 Å². The smallest absolute Gasteiger partial charge is 0.293 e. The van der Waals surface area contributed by atoms with Crippen LogP contribution in [0.5, 0.6) is 11.5 Å². The zero-order valence-electron chi connectivity index (χ0n) is 17.3. The second kappa shape index (κ2) is 11.2. The first-order chi connectivity index (χ1) is 14.9. The maximum absolute atomic E-state index is 12.6. The summed E-state index contributed by atoms with van der Waals surface area (Å²) in [7, 11) is 0. The fourth-order valence-corrected chi connectivity index (χ4v) is 4.67. The quantitative estimate of drug-likeness (QED) is 0.304. The molecule has 0 aromatic heterocycles. The Morgan fingerprint density at radius 2 is 1.81 bits per heavy atom. The lowest BCUT2D eigenvalue weighted by molar-refractivity contribution is -0.122. The van der Waals surface area contributed by atoms with Crippen LogP contribution < -0.4 is 9.47 Å². The van der Waals surface area contributed by atoms with Crippen LogP contribution in [0.4, 0.5) is 4.79 Å². The van der Waals surface area contributed by atoms with Gasteiger partial charge in [0.05, 0.1) is 16.0 Å². The summed E-state index contributed by atoms with van der Waals surface area (Å²) in [5.74, 6) is 0.927. The molecule has 0 unspecified atom stereocenters. The topological polar surface area (TPSA) is 55.8 Å². The molecule has 0 spiro atoms. The third-order valence-corrected chi connectivity index (χ3v) is 6.56. The summed E-state index contributed by atoms with van der Waals surface area (Å²) < 4.78 is 13.5. The van der Waals surface area contributed by atoms with Crippen molar-refractivity contribution in [3.05, 3.63) is 61.4 Å². The molecule has 2 aromatic rings.